The zero-order valence-electron chi connectivity index (χ0n) is 12.5. The molecule has 1 aromatic heterocycles. The Balaban J connectivity index is 1.54. The summed E-state index contributed by atoms with van der Waals surface area (Å²) >= 11 is 0. The number of benzene rings is 2. The van der Waals surface area contributed by atoms with Gasteiger partial charge < -0.3 is 13.9 Å². The van der Waals surface area contributed by atoms with Gasteiger partial charge >= 0.3 is 6.01 Å². The Bertz CT molecular complexity index is 974. The first kappa shape index (κ1) is 15.1. The summed E-state index contributed by atoms with van der Waals surface area (Å²) in [6, 6.07) is 7.42. The second kappa shape index (κ2) is 5.86. The van der Waals surface area contributed by atoms with Gasteiger partial charge in [0.05, 0.1) is 5.56 Å². The molecule has 4 rings (SSSR count). The number of anilines is 1. The maximum Gasteiger partial charge on any atom is 0.322 e. The topological polar surface area (TPSA) is 86.5 Å². The second-order valence-corrected chi connectivity index (χ2v) is 5.06. The van der Waals surface area contributed by atoms with Crippen molar-refractivity contribution in [2.45, 2.75) is 0 Å². The Morgan fingerprint density at radius 2 is 1.88 bits per heavy atom. The number of aromatic nitrogens is 2. The van der Waals surface area contributed by atoms with E-state index in [1.54, 1.807) is 18.2 Å². The van der Waals surface area contributed by atoms with Crippen molar-refractivity contribution in [1.82, 2.24) is 10.2 Å². The molecule has 0 spiro atoms. The van der Waals surface area contributed by atoms with E-state index in [9.17, 15) is 13.6 Å². The van der Waals surface area contributed by atoms with E-state index in [1.807, 2.05) is 0 Å². The van der Waals surface area contributed by atoms with Gasteiger partial charge in [-0.2, -0.15) is 0 Å². The number of nitrogens with zero attached hydrogens (tertiary/aromatic N) is 2. The van der Waals surface area contributed by atoms with Crippen LogP contribution in [0.15, 0.2) is 40.8 Å². The second-order valence-electron chi connectivity index (χ2n) is 5.06. The lowest BCUT2D eigenvalue weighted by atomic mass is 10.2. The van der Waals surface area contributed by atoms with Crippen LogP contribution in [-0.4, -0.2) is 22.9 Å². The SMILES string of the molecule is O=C(Nc1nnc(-c2ccc3c(c2)OCO3)o1)c1ccc(F)cc1F. The molecule has 1 aliphatic rings. The number of halogens is 2. The molecule has 7 nitrogen and oxygen atoms in total. The van der Waals surface area contributed by atoms with Crippen molar-refractivity contribution in [2.24, 2.45) is 0 Å². The average molecular weight is 345 g/mol. The van der Waals surface area contributed by atoms with Gasteiger partial charge in [-0.15, -0.1) is 5.10 Å². The maximum absolute atomic E-state index is 13.6. The highest BCUT2D eigenvalue weighted by Crippen LogP contribution is 2.35. The van der Waals surface area contributed by atoms with E-state index in [0.717, 1.165) is 12.1 Å². The summed E-state index contributed by atoms with van der Waals surface area (Å²) in [6.07, 6.45) is 0. The molecule has 1 N–H and O–H groups in total. The van der Waals surface area contributed by atoms with E-state index in [2.05, 4.69) is 15.5 Å². The van der Waals surface area contributed by atoms with Crippen LogP contribution in [0.1, 0.15) is 10.4 Å². The number of ether oxygens (including phenoxy) is 2. The molecule has 126 valence electrons. The van der Waals surface area contributed by atoms with E-state index in [0.29, 0.717) is 23.1 Å². The van der Waals surface area contributed by atoms with Crippen molar-refractivity contribution in [3.8, 4) is 23.0 Å². The number of fused-ring (bicyclic) bond motifs is 1. The molecule has 2 heterocycles. The van der Waals surface area contributed by atoms with Gasteiger partial charge in [0.15, 0.2) is 11.5 Å². The van der Waals surface area contributed by atoms with Crippen LogP contribution in [0.4, 0.5) is 14.8 Å². The standard InChI is InChI=1S/C16H9F2N3O4/c17-9-2-3-10(11(18)6-9)14(22)19-16-21-20-15(25-16)8-1-4-12-13(5-8)24-7-23-12/h1-6H,7H2,(H,19,21,22). The highest BCUT2D eigenvalue weighted by atomic mass is 19.1. The third-order valence-electron chi connectivity index (χ3n) is 3.44. The molecule has 2 aromatic carbocycles. The number of carbonyl (C=O) groups is 1. The number of rotatable bonds is 3. The van der Waals surface area contributed by atoms with Gasteiger partial charge in [0.25, 0.3) is 5.91 Å². The van der Waals surface area contributed by atoms with Crippen molar-refractivity contribution in [2.75, 3.05) is 12.1 Å². The molecule has 1 aliphatic heterocycles. The Morgan fingerprint density at radius 1 is 1.04 bits per heavy atom. The lowest BCUT2D eigenvalue weighted by Gasteiger charge is -2.02. The van der Waals surface area contributed by atoms with Gasteiger partial charge in [-0.3, -0.25) is 10.1 Å². The molecule has 1 amide bonds. The van der Waals surface area contributed by atoms with Crippen LogP contribution < -0.4 is 14.8 Å². The molecule has 0 unspecified atom stereocenters. The Hall–Kier alpha value is -3.49. The zero-order chi connectivity index (χ0) is 17.4. The Kier molecular flexibility index (Phi) is 3.53. The van der Waals surface area contributed by atoms with Crippen molar-refractivity contribution in [3.63, 3.8) is 0 Å². The minimum Gasteiger partial charge on any atom is -0.454 e. The van der Waals surface area contributed by atoms with E-state index in [1.165, 1.54) is 0 Å². The summed E-state index contributed by atoms with van der Waals surface area (Å²) in [5, 5.41) is 9.76. The summed E-state index contributed by atoms with van der Waals surface area (Å²) in [5.74, 6) is -1.34. The fourth-order valence-corrected chi connectivity index (χ4v) is 2.26. The smallest absolute Gasteiger partial charge is 0.322 e. The average Bonchev–Trinajstić information content (AvgIpc) is 3.22. The van der Waals surface area contributed by atoms with Crippen LogP contribution in [0, 0.1) is 11.6 Å². The summed E-state index contributed by atoms with van der Waals surface area (Å²) in [6.45, 7) is 0.132. The summed E-state index contributed by atoms with van der Waals surface area (Å²) in [7, 11) is 0. The fourth-order valence-electron chi connectivity index (χ4n) is 2.26. The van der Waals surface area contributed by atoms with Gasteiger partial charge in [0, 0.05) is 11.6 Å². The van der Waals surface area contributed by atoms with E-state index >= 15 is 0 Å². The molecule has 0 saturated carbocycles. The number of hydrogen-bond donors (Lipinski definition) is 1. The quantitative estimate of drug-likeness (QED) is 0.785. The summed E-state index contributed by atoms with van der Waals surface area (Å²) in [5.41, 5.74) is 0.217. The van der Waals surface area contributed by atoms with Crippen LogP contribution in [-0.2, 0) is 0 Å². The molecule has 0 saturated heterocycles. The van der Waals surface area contributed by atoms with Gasteiger partial charge in [0.2, 0.25) is 12.7 Å². The van der Waals surface area contributed by atoms with E-state index in [4.69, 9.17) is 13.9 Å². The lowest BCUT2D eigenvalue weighted by Crippen LogP contribution is -2.14. The molecule has 0 aliphatic carbocycles. The lowest BCUT2D eigenvalue weighted by molar-refractivity contribution is 0.102. The molecule has 9 heteroatoms. The number of carbonyl (C=O) groups excluding carboxylic acids is 1. The first-order valence-electron chi connectivity index (χ1n) is 7.10. The van der Waals surface area contributed by atoms with Crippen LogP contribution in [0.2, 0.25) is 0 Å². The third kappa shape index (κ3) is 2.87. The van der Waals surface area contributed by atoms with Gasteiger partial charge in [0.1, 0.15) is 11.6 Å². The zero-order valence-corrected chi connectivity index (χ0v) is 12.5. The Labute approximate surface area is 139 Å². The molecule has 3 aromatic rings. The molecule has 0 fully saturated rings. The van der Waals surface area contributed by atoms with Crippen molar-refractivity contribution in [3.05, 3.63) is 53.6 Å². The Morgan fingerprint density at radius 3 is 2.72 bits per heavy atom. The molecule has 0 radical (unpaired) electrons. The normalized spacial score (nSPS) is 12.2. The first-order valence-corrected chi connectivity index (χ1v) is 7.10. The highest BCUT2D eigenvalue weighted by Gasteiger charge is 2.19. The van der Waals surface area contributed by atoms with Gasteiger partial charge in [-0.25, -0.2) is 8.78 Å². The number of nitrogens with one attached hydrogen (secondary N) is 1. The first-order chi connectivity index (χ1) is 12.1. The molecular formula is C16H9F2N3O4. The number of hydrogen-bond acceptors (Lipinski definition) is 6. The van der Waals surface area contributed by atoms with Gasteiger partial charge in [-0.1, -0.05) is 5.10 Å². The predicted octanol–water partition coefficient (Wildman–Crippen LogP) is 3.00. The largest absolute Gasteiger partial charge is 0.454 e. The fraction of sp³-hybridized carbons (Fsp3) is 0.0625. The van der Waals surface area contributed by atoms with E-state index < -0.39 is 17.5 Å². The molecule has 0 atom stereocenters. The van der Waals surface area contributed by atoms with Crippen molar-refractivity contribution < 1.29 is 27.5 Å². The predicted molar refractivity (Wildman–Crippen MR) is 80.2 cm³/mol. The third-order valence-corrected chi connectivity index (χ3v) is 3.44. The van der Waals surface area contributed by atoms with Crippen LogP contribution >= 0.6 is 0 Å². The minimum absolute atomic E-state index is 0.132. The van der Waals surface area contributed by atoms with Crippen LogP contribution in [0.25, 0.3) is 11.5 Å². The molecular weight excluding hydrogens is 336 g/mol. The monoisotopic (exact) mass is 345 g/mol. The minimum atomic E-state index is -0.993. The van der Waals surface area contributed by atoms with Crippen molar-refractivity contribution >= 4 is 11.9 Å². The number of amides is 1. The van der Waals surface area contributed by atoms with Crippen molar-refractivity contribution in [1.29, 1.82) is 0 Å². The van der Waals surface area contributed by atoms with Crippen LogP contribution in [0.3, 0.4) is 0 Å². The van der Waals surface area contributed by atoms with Crippen LogP contribution in [0.5, 0.6) is 11.5 Å². The van der Waals surface area contributed by atoms with E-state index in [-0.39, 0.29) is 24.3 Å². The summed E-state index contributed by atoms with van der Waals surface area (Å²) < 4.78 is 42.3. The maximum atomic E-state index is 13.6. The molecule has 0 bridgehead atoms. The highest BCUT2D eigenvalue weighted by molar-refractivity contribution is 6.03. The molecule has 25 heavy (non-hydrogen) atoms. The van der Waals surface area contributed by atoms with Gasteiger partial charge in [-0.05, 0) is 30.3 Å². The summed E-state index contributed by atoms with van der Waals surface area (Å²) in [4.78, 5) is 12.0.